The van der Waals surface area contributed by atoms with E-state index in [4.69, 9.17) is 4.74 Å². The molecule has 7 heteroatoms. The van der Waals surface area contributed by atoms with Gasteiger partial charge < -0.3 is 10.1 Å². The highest BCUT2D eigenvalue weighted by Gasteiger charge is 2.29. The molecule has 0 radical (unpaired) electrons. The molecule has 0 saturated carbocycles. The molecule has 0 saturated heterocycles. The monoisotopic (exact) mass is 426 g/mol. The lowest BCUT2D eigenvalue weighted by atomic mass is 10.1. The summed E-state index contributed by atoms with van der Waals surface area (Å²) in [6.07, 6.45) is 0.165. The number of amides is 2. The Labute approximate surface area is 182 Å². The fraction of sp³-hybridized carbons (Fsp3) is 0.375. The van der Waals surface area contributed by atoms with E-state index in [1.54, 1.807) is 43.4 Å². The van der Waals surface area contributed by atoms with Crippen molar-refractivity contribution in [3.8, 4) is 5.75 Å². The summed E-state index contributed by atoms with van der Waals surface area (Å²) >= 11 is 0. The van der Waals surface area contributed by atoms with E-state index in [9.17, 15) is 14.0 Å². The zero-order valence-electron chi connectivity index (χ0n) is 18.2. The predicted octanol–water partition coefficient (Wildman–Crippen LogP) is 3.03. The third-order valence-electron chi connectivity index (χ3n) is 5.44. The van der Waals surface area contributed by atoms with Crippen molar-refractivity contribution in [1.82, 2.24) is 10.2 Å². The first-order chi connectivity index (χ1) is 14.9. The van der Waals surface area contributed by atoms with Gasteiger partial charge in [0.05, 0.1) is 19.5 Å². The lowest BCUT2D eigenvalue weighted by Crippen LogP contribution is -2.47. The van der Waals surface area contributed by atoms with Crippen molar-refractivity contribution >= 4 is 17.5 Å². The van der Waals surface area contributed by atoms with Crippen LogP contribution in [-0.4, -0.2) is 60.2 Å². The van der Waals surface area contributed by atoms with E-state index in [0.717, 1.165) is 17.8 Å². The largest absolute Gasteiger partial charge is 0.484 e. The molecule has 1 aliphatic heterocycles. The van der Waals surface area contributed by atoms with E-state index in [1.165, 1.54) is 12.1 Å². The van der Waals surface area contributed by atoms with Crippen LogP contribution in [0, 0.1) is 5.82 Å². The SMILES string of the molecule is CCC(=O)[N+]1=C(C)CN(CC(Oc2ccc(C(=O)NC)cc2)c2ccc(F)cc2)CC1. The topological polar surface area (TPSA) is 61.6 Å². The third-order valence-corrected chi connectivity index (χ3v) is 5.44. The Morgan fingerprint density at radius 3 is 2.42 bits per heavy atom. The summed E-state index contributed by atoms with van der Waals surface area (Å²) in [4.78, 5) is 26.1. The number of hydrogen-bond acceptors (Lipinski definition) is 4. The van der Waals surface area contributed by atoms with Crippen LogP contribution in [0.25, 0.3) is 0 Å². The summed E-state index contributed by atoms with van der Waals surface area (Å²) in [7, 11) is 1.59. The van der Waals surface area contributed by atoms with Crippen LogP contribution < -0.4 is 10.1 Å². The first-order valence-electron chi connectivity index (χ1n) is 10.5. The number of ether oxygens (including phenoxy) is 1. The molecule has 0 fully saturated rings. The molecule has 0 aliphatic carbocycles. The maximum atomic E-state index is 13.5. The molecule has 31 heavy (non-hydrogen) atoms. The van der Waals surface area contributed by atoms with Gasteiger partial charge in [0.2, 0.25) is 0 Å². The molecule has 2 aromatic rings. The van der Waals surface area contributed by atoms with Crippen molar-refractivity contribution in [3.63, 3.8) is 0 Å². The van der Waals surface area contributed by atoms with Crippen molar-refractivity contribution in [2.24, 2.45) is 0 Å². The normalized spacial score (nSPS) is 15.5. The average molecular weight is 427 g/mol. The van der Waals surface area contributed by atoms with Gasteiger partial charge in [-0.05, 0) is 42.0 Å². The lowest BCUT2D eigenvalue weighted by Gasteiger charge is -2.29. The number of rotatable bonds is 7. The fourth-order valence-corrected chi connectivity index (χ4v) is 3.72. The molecular formula is C24H29FN3O3+. The Morgan fingerprint density at radius 1 is 1.16 bits per heavy atom. The maximum Gasteiger partial charge on any atom is 0.386 e. The van der Waals surface area contributed by atoms with Gasteiger partial charge in [0.1, 0.15) is 17.7 Å². The van der Waals surface area contributed by atoms with Gasteiger partial charge >= 0.3 is 5.91 Å². The third kappa shape index (κ3) is 5.76. The van der Waals surface area contributed by atoms with Crippen molar-refractivity contribution < 1.29 is 23.3 Å². The Balaban J connectivity index is 1.78. The van der Waals surface area contributed by atoms with Crippen molar-refractivity contribution in [2.75, 3.05) is 33.2 Å². The fourth-order valence-electron chi connectivity index (χ4n) is 3.72. The number of hydrogen-bond donors (Lipinski definition) is 1. The lowest BCUT2D eigenvalue weighted by molar-refractivity contribution is -0.457. The van der Waals surface area contributed by atoms with Crippen LogP contribution in [-0.2, 0) is 4.79 Å². The van der Waals surface area contributed by atoms with Crippen LogP contribution >= 0.6 is 0 Å². The van der Waals surface area contributed by atoms with Crippen LogP contribution in [0.2, 0.25) is 0 Å². The molecule has 0 bridgehead atoms. The Bertz CT molecular complexity index is 955. The molecule has 2 aromatic carbocycles. The zero-order valence-corrected chi connectivity index (χ0v) is 18.2. The van der Waals surface area contributed by atoms with Crippen LogP contribution in [0.15, 0.2) is 48.5 Å². The standard InChI is InChI=1S/C24H28FN3O3/c1-4-23(29)28-14-13-27(15-17(28)2)16-22(18-5-9-20(25)10-6-18)31-21-11-7-19(8-12-21)24(30)26-3/h5-12,22H,4,13-16H2,1-3H3/p+1. The molecule has 2 amide bonds. The second-order valence-electron chi connectivity index (χ2n) is 7.63. The molecule has 1 atom stereocenters. The maximum absolute atomic E-state index is 13.5. The molecule has 1 N–H and O–H groups in total. The van der Waals surface area contributed by atoms with E-state index >= 15 is 0 Å². The molecule has 6 nitrogen and oxygen atoms in total. The smallest absolute Gasteiger partial charge is 0.386 e. The van der Waals surface area contributed by atoms with E-state index in [0.29, 0.717) is 37.4 Å². The van der Waals surface area contributed by atoms with Crippen LogP contribution in [0.1, 0.15) is 42.3 Å². The minimum Gasteiger partial charge on any atom is -0.484 e. The quantitative estimate of drug-likeness (QED) is 0.692. The minimum atomic E-state index is -0.326. The van der Waals surface area contributed by atoms with Crippen molar-refractivity contribution in [1.29, 1.82) is 0 Å². The van der Waals surface area contributed by atoms with Crippen molar-refractivity contribution in [2.45, 2.75) is 26.4 Å². The number of benzene rings is 2. The highest BCUT2D eigenvalue weighted by molar-refractivity contribution is 5.94. The van der Waals surface area contributed by atoms with Crippen LogP contribution in [0.4, 0.5) is 4.39 Å². The van der Waals surface area contributed by atoms with Crippen molar-refractivity contribution in [3.05, 3.63) is 65.5 Å². The first kappa shape index (κ1) is 22.6. The zero-order chi connectivity index (χ0) is 22.4. The summed E-state index contributed by atoms with van der Waals surface area (Å²) in [6, 6.07) is 13.3. The summed E-state index contributed by atoms with van der Waals surface area (Å²) in [6.45, 7) is 6.49. The van der Waals surface area contributed by atoms with E-state index < -0.39 is 0 Å². The second kappa shape index (κ2) is 10.3. The molecule has 3 rings (SSSR count). The van der Waals surface area contributed by atoms with E-state index in [1.807, 2.05) is 18.4 Å². The van der Waals surface area contributed by atoms with Gasteiger partial charge in [-0.25, -0.2) is 9.18 Å². The summed E-state index contributed by atoms with van der Waals surface area (Å²) in [5.41, 5.74) is 2.43. The molecule has 1 heterocycles. The van der Waals surface area contributed by atoms with Gasteiger partial charge in [0.15, 0.2) is 12.3 Å². The van der Waals surface area contributed by atoms with E-state index in [-0.39, 0.29) is 23.7 Å². The number of carbonyl (C=O) groups excluding carboxylic acids is 2. The van der Waals surface area contributed by atoms with Gasteiger partial charge in [-0.1, -0.05) is 19.1 Å². The van der Waals surface area contributed by atoms with Gasteiger partial charge in [-0.15, -0.1) is 0 Å². The Morgan fingerprint density at radius 2 is 1.84 bits per heavy atom. The number of nitrogens with zero attached hydrogens (tertiary/aromatic N) is 2. The van der Waals surface area contributed by atoms with Gasteiger partial charge in [0.25, 0.3) is 5.91 Å². The Hall–Kier alpha value is -3.06. The van der Waals surface area contributed by atoms with Gasteiger partial charge in [0, 0.05) is 26.1 Å². The summed E-state index contributed by atoms with van der Waals surface area (Å²) in [5.74, 6) is 0.308. The van der Waals surface area contributed by atoms with Crippen LogP contribution in [0.5, 0.6) is 5.75 Å². The van der Waals surface area contributed by atoms with E-state index in [2.05, 4.69) is 10.2 Å². The summed E-state index contributed by atoms with van der Waals surface area (Å²) < 4.78 is 21.6. The minimum absolute atomic E-state index is 0.139. The molecule has 1 unspecified atom stereocenters. The first-order valence-corrected chi connectivity index (χ1v) is 10.5. The molecule has 0 aromatic heterocycles. The van der Waals surface area contributed by atoms with Crippen LogP contribution in [0.3, 0.4) is 0 Å². The predicted molar refractivity (Wildman–Crippen MR) is 117 cm³/mol. The Kier molecular flexibility index (Phi) is 7.52. The highest BCUT2D eigenvalue weighted by atomic mass is 19.1. The number of carbonyl (C=O) groups is 2. The molecule has 0 spiro atoms. The number of halogens is 1. The second-order valence-corrected chi connectivity index (χ2v) is 7.63. The molecule has 164 valence electrons. The molecular weight excluding hydrogens is 397 g/mol. The van der Waals surface area contributed by atoms with Gasteiger partial charge in [-0.2, -0.15) is 4.58 Å². The average Bonchev–Trinajstić information content (AvgIpc) is 2.78. The van der Waals surface area contributed by atoms with Gasteiger partial charge in [-0.3, -0.25) is 9.69 Å². The highest BCUT2D eigenvalue weighted by Crippen LogP contribution is 2.24. The molecule has 1 aliphatic rings. The number of nitrogens with one attached hydrogen (secondary N) is 1. The summed E-state index contributed by atoms with van der Waals surface area (Å²) in [5, 5.41) is 2.59.